The fourth-order valence-electron chi connectivity index (χ4n) is 1.79. The first-order chi connectivity index (χ1) is 7.81. The van der Waals surface area contributed by atoms with Crippen molar-refractivity contribution in [1.82, 2.24) is 4.90 Å². The van der Waals surface area contributed by atoms with Gasteiger partial charge in [-0.05, 0) is 24.1 Å². The fourth-order valence-corrected chi connectivity index (χ4v) is 2.02. The Hall–Kier alpha value is -0.570. The molecule has 0 heterocycles. The van der Waals surface area contributed by atoms with E-state index >= 15 is 0 Å². The normalized spacial score (nSPS) is 11.0. The molecule has 0 radical (unpaired) electrons. The summed E-state index contributed by atoms with van der Waals surface area (Å²) in [6.07, 6.45) is 0.731. The Kier molecular flexibility index (Phi) is 6.46. The lowest BCUT2D eigenvalue weighted by Gasteiger charge is -2.20. The summed E-state index contributed by atoms with van der Waals surface area (Å²) in [5.41, 5.74) is 2.53. The van der Waals surface area contributed by atoms with Gasteiger partial charge in [0.2, 0.25) is 0 Å². The van der Waals surface area contributed by atoms with Crippen molar-refractivity contribution >= 4 is 11.6 Å². The van der Waals surface area contributed by atoms with Gasteiger partial charge in [0.05, 0.1) is 0 Å². The van der Waals surface area contributed by atoms with Gasteiger partial charge < -0.3 is 5.11 Å². The molecule has 0 aliphatic rings. The van der Waals surface area contributed by atoms with Gasteiger partial charge in [-0.25, -0.2) is 0 Å². The standard InChI is InChI=1S/C13H20ClNO/c1-2-15(9-8-14)11-13-6-4-3-5-12(13)7-10-16/h3-6,16H,2,7-11H2,1H3. The molecule has 16 heavy (non-hydrogen) atoms. The average molecular weight is 242 g/mol. The van der Waals surface area contributed by atoms with Crippen LogP contribution in [0.15, 0.2) is 24.3 Å². The van der Waals surface area contributed by atoms with E-state index in [1.807, 2.05) is 12.1 Å². The summed E-state index contributed by atoms with van der Waals surface area (Å²) in [6, 6.07) is 8.28. The molecular weight excluding hydrogens is 222 g/mol. The molecule has 0 aliphatic carbocycles. The van der Waals surface area contributed by atoms with Gasteiger partial charge in [0.1, 0.15) is 0 Å². The maximum atomic E-state index is 9.00. The molecule has 2 nitrogen and oxygen atoms in total. The molecule has 1 aromatic carbocycles. The van der Waals surface area contributed by atoms with Gasteiger partial charge in [0.15, 0.2) is 0 Å². The maximum absolute atomic E-state index is 9.00. The van der Waals surface area contributed by atoms with Gasteiger partial charge in [-0.15, -0.1) is 11.6 Å². The summed E-state index contributed by atoms with van der Waals surface area (Å²) in [5, 5.41) is 9.00. The van der Waals surface area contributed by atoms with E-state index in [4.69, 9.17) is 16.7 Å². The molecule has 0 fully saturated rings. The Morgan fingerprint density at radius 1 is 1.25 bits per heavy atom. The quantitative estimate of drug-likeness (QED) is 0.741. The third kappa shape index (κ3) is 4.12. The van der Waals surface area contributed by atoms with Crippen LogP contribution in [0, 0.1) is 0 Å². The number of aliphatic hydroxyl groups is 1. The van der Waals surface area contributed by atoms with Crippen molar-refractivity contribution in [2.45, 2.75) is 19.9 Å². The number of aliphatic hydroxyl groups excluding tert-OH is 1. The first-order valence-corrected chi connectivity index (χ1v) is 6.31. The van der Waals surface area contributed by atoms with Crippen molar-refractivity contribution in [2.24, 2.45) is 0 Å². The molecule has 0 bridgehead atoms. The highest BCUT2D eigenvalue weighted by Crippen LogP contribution is 2.12. The Balaban J connectivity index is 2.70. The van der Waals surface area contributed by atoms with Crippen molar-refractivity contribution in [3.8, 4) is 0 Å². The summed E-state index contributed by atoms with van der Waals surface area (Å²) in [6.45, 7) is 5.17. The second-order valence-electron chi connectivity index (χ2n) is 3.80. The Bertz CT molecular complexity index is 304. The van der Waals surface area contributed by atoms with Crippen LogP contribution in [0.2, 0.25) is 0 Å². The molecule has 90 valence electrons. The van der Waals surface area contributed by atoms with E-state index in [0.717, 1.165) is 26.1 Å². The van der Waals surface area contributed by atoms with Crippen LogP contribution >= 0.6 is 11.6 Å². The highest BCUT2D eigenvalue weighted by Gasteiger charge is 2.06. The maximum Gasteiger partial charge on any atom is 0.0471 e. The van der Waals surface area contributed by atoms with Crippen LogP contribution in [0.3, 0.4) is 0 Å². The molecule has 1 N–H and O–H groups in total. The SMILES string of the molecule is CCN(CCCl)Cc1ccccc1CCO. The van der Waals surface area contributed by atoms with Crippen molar-refractivity contribution < 1.29 is 5.11 Å². The first kappa shape index (κ1) is 13.5. The lowest BCUT2D eigenvalue weighted by atomic mass is 10.0. The van der Waals surface area contributed by atoms with E-state index in [0.29, 0.717) is 5.88 Å². The second-order valence-corrected chi connectivity index (χ2v) is 4.18. The van der Waals surface area contributed by atoms with Crippen LogP contribution in [-0.4, -0.2) is 35.6 Å². The van der Waals surface area contributed by atoms with Crippen LogP contribution in [-0.2, 0) is 13.0 Å². The number of hydrogen-bond acceptors (Lipinski definition) is 2. The molecule has 0 atom stereocenters. The monoisotopic (exact) mass is 241 g/mol. The number of hydrogen-bond donors (Lipinski definition) is 1. The summed E-state index contributed by atoms with van der Waals surface area (Å²) >= 11 is 5.76. The Labute approximate surface area is 103 Å². The molecule has 0 unspecified atom stereocenters. The third-order valence-electron chi connectivity index (χ3n) is 2.74. The van der Waals surface area contributed by atoms with Gasteiger partial charge in [0, 0.05) is 25.6 Å². The van der Waals surface area contributed by atoms with Crippen LogP contribution in [0.25, 0.3) is 0 Å². The van der Waals surface area contributed by atoms with E-state index in [1.54, 1.807) is 0 Å². The minimum atomic E-state index is 0.207. The van der Waals surface area contributed by atoms with Crippen molar-refractivity contribution in [3.05, 3.63) is 35.4 Å². The molecule has 0 spiro atoms. The van der Waals surface area contributed by atoms with Gasteiger partial charge >= 0.3 is 0 Å². The summed E-state index contributed by atoms with van der Waals surface area (Å²) < 4.78 is 0. The predicted molar refractivity (Wildman–Crippen MR) is 68.9 cm³/mol. The zero-order chi connectivity index (χ0) is 11.8. The van der Waals surface area contributed by atoms with Crippen LogP contribution in [0.5, 0.6) is 0 Å². The van der Waals surface area contributed by atoms with Gasteiger partial charge in [0.25, 0.3) is 0 Å². The predicted octanol–water partition coefficient (Wildman–Crippen LogP) is 2.28. The lowest BCUT2D eigenvalue weighted by molar-refractivity contribution is 0.288. The van der Waals surface area contributed by atoms with Gasteiger partial charge in [-0.1, -0.05) is 31.2 Å². The minimum Gasteiger partial charge on any atom is -0.396 e. The zero-order valence-electron chi connectivity index (χ0n) is 9.82. The fraction of sp³-hybridized carbons (Fsp3) is 0.538. The Morgan fingerprint density at radius 3 is 2.50 bits per heavy atom. The summed E-state index contributed by atoms with van der Waals surface area (Å²) in [4.78, 5) is 2.31. The van der Waals surface area contributed by atoms with E-state index in [9.17, 15) is 0 Å². The largest absolute Gasteiger partial charge is 0.396 e. The minimum absolute atomic E-state index is 0.207. The number of benzene rings is 1. The molecule has 0 amide bonds. The van der Waals surface area contributed by atoms with E-state index in [-0.39, 0.29) is 6.61 Å². The molecular formula is C13H20ClNO. The highest BCUT2D eigenvalue weighted by molar-refractivity contribution is 6.18. The highest BCUT2D eigenvalue weighted by atomic mass is 35.5. The van der Waals surface area contributed by atoms with Gasteiger partial charge in [-0.2, -0.15) is 0 Å². The third-order valence-corrected chi connectivity index (χ3v) is 2.91. The van der Waals surface area contributed by atoms with Crippen molar-refractivity contribution in [1.29, 1.82) is 0 Å². The van der Waals surface area contributed by atoms with Crippen molar-refractivity contribution in [3.63, 3.8) is 0 Å². The lowest BCUT2D eigenvalue weighted by Crippen LogP contribution is -2.25. The smallest absolute Gasteiger partial charge is 0.0471 e. The topological polar surface area (TPSA) is 23.5 Å². The molecule has 3 heteroatoms. The first-order valence-electron chi connectivity index (χ1n) is 5.77. The molecule has 1 aromatic rings. The molecule has 1 rings (SSSR count). The van der Waals surface area contributed by atoms with Crippen molar-refractivity contribution in [2.75, 3.05) is 25.6 Å². The molecule has 0 aromatic heterocycles. The average Bonchev–Trinajstić information content (AvgIpc) is 2.31. The van der Waals surface area contributed by atoms with E-state index < -0.39 is 0 Å². The zero-order valence-corrected chi connectivity index (χ0v) is 10.6. The summed E-state index contributed by atoms with van der Waals surface area (Å²) in [7, 11) is 0. The van der Waals surface area contributed by atoms with E-state index in [2.05, 4.69) is 24.0 Å². The number of alkyl halides is 1. The molecule has 0 saturated carbocycles. The van der Waals surface area contributed by atoms with Crippen LogP contribution in [0.4, 0.5) is 0 Å². The second kappa shape index (κ2) is 7.66. The number of nitrogens with zero attached hydrogens (tertiary/aromatic N) is 1. The molecule has 0 saturated heterocycles. The van der Waals surface area contributed by atoms with Crippen LogP contribution in [0.1, 0.15) is 18.1 Å². The van der Waals surface area contributed by atoms with Crippen LogP contribution < -0.4 is 0 Å². The summed E-state index contributed by atoms with van der Waals surface area (Å²) in [5.74, 6) is 0.663. The Morgan fingerprint density at radius 2 is 1.94 bits per heavy atom. The number of rotatable bonds is 7. The van der Waals surface area contributed by atoms with Gasteiger partial charge in [-0.3, -0.25) is 4.90 Å². The number of halogens is 1. The van der Waals surface area contributed by atoms with E-state index in [1.165, 1.54) is 11.1 Å². The molecule has 0 aliphatic heterocycles.